The van der Waals surface area contributed by atoms with Crippen molar-refractivity contribution in [1.82, 2.24) is 4.98 Å². The summed E-state index contributed by atoms with van der Waals surface area (Å²) in [5, 5.41) is 34.9. The number of H-pyrrole nitrogens is 1. The summed E-state index contributed by atoms with van der Waals surface area (Å²) in [5.74, 6) is 0. The first kappa shape index (κ1) is 15.3. The van der Waals surface area contributed by atoms with Crippen LogP contribution >= 0.6 is 0 Å². The zero-order valence-electron chi connectivity index (χ0n) is 13.2. The maximum Gasteiger partial charge on any atom is 0.0982 e. The molecule has 0 aliphatic carbocycles. The molecule has 23 heavy (non-hydrogen) atoms. The van der Waals surface area contributed by atoms with E-state index in [1.165, 1.54) is 0 Å². The van der Waals surface area contributed by atoms with Gasteiger partial charge in [-0.25, -0.2) is 0 Å². The Morgan fingerprint density at radius 1 is 1.26 bits per heavy atom. The van der Waals surface area contributed by atoms with Crippen molar-refractivity contribution in [2.75, 3.05) is 5.23 Å². The van der Waals surface area contributed by atoms with Crippen molar-refractivity contribution in [3.8, 4) is 0 Å². The zero-order valence-corrected chi connectivity index (χ0v) is 13.2. The maximum atomic E-state index is 11.0. The van der Waals surface area contributed by atoms with Gasteiger partial charge in [0, 0.05) is 27.5 Å². The highest BCUT2D eigenvalue weighted by atomic mass is 16.8. The highest BCUT2D eigenvalue weighted by molar-refractivity contribution is 6.14. The van der Waals surface area contributed by atoms with E-state index in [4.69, 9.17) is 0 Å². The molecule has 0 spiro atoms. The van der Waals surface area contributed by atoms with Crippen molar-refractivity contribution in [2.24, 2.45) is 5.16 Å². The van der Waals surface area contributed by atoms with Crippen LogP contribution in [-0.4, -0.2) is 21.1 Å². The van der Waals surface area contributed by atoms with Crippen LogP contribution in [0.25, 0.3) is 21.8 Å². The van der Waals surface area contributed by atoms with Crippen LogP contribution < -0.4 is 5.23 Å². The zero-order chi connectivity index (χ0) is 16.7. The number of hydrogen-bond donors (Lipinski definition) is 3. The molecule has 3 rings (SSSR count). The van der Waals surface area contributed by atoms with Crippen LogP contribution in [0, 0.1) is 19.1 Å². The molecule has 0 bridgehead atoms. The topological polar surface area (TPSA) is 94.9 Å². The highest BCUT2D eigenvalue weighted by Gasteiger charge is 2.16. The fraction of sp³-hybridized carbons (Fsp3) is 0.235. The molecule has 1 aromatic heterocycles. The molecule has 2 aromatic carbocycles. The standard InChI is InChI=1S/C17H19N3O3/c1-4-13(19-21)11-5-6-14-12(8-11)16-10(3)15(20(22)23)7-9(2)17(16)18-14/h5-8,18,21-23H,4H2,1-3H3/p-1/b19-13+. The molecule has 0 saturated heterocycles. The summed E-state index contributed by atoms with van der Waals surface area (Å²) in [4.78, 5) is 3.36. The maximum absolute atomic E-state index is 11.0. The second kappa shape index (κ2) is 5.57. The van der Waals surface area contributed by atoms with Crippen molar-refractivity contribution in [3.63, 3.8) is 0 Å². The minimum atomic E-state index is 0.140. The van der Waals surface area contributed by atoms with Crippen LogP contribution in [0.1, 0.15) is 30.0 Å². The Hall–Kier alpha value is -2.57. The normalized spacial score (nSPS) is 12.3. The summed E-state index contributed by atoms with van der Waals surface area (Å²) in [6.07, 6.45) is 0.557. The van der Waals surface area contributed by atoms with Crippen molar-refractivity contribution in [3.05, 3.63) is 46.2 Å². The van der Waals surface area contributed by atoms with E-state index in [2.05, 4.69) is 10.1 Å². The summed E-state index contributed by atoms with van der Waals surface area (Å²) in [7, 11) is 0. The summed E-state index contributed by atoms with van der Waals surface area (Å²) in [6, 6.07) is 7.42. The average Bonchev–Trinajstić information content (AvgIpc) is 2.91. The molecule has 0 fully saturated rings. The van der Waals surface area contributed by atoms with Crippen LogP contribution in [-0.2, 0) is 0 Å². The van der Waals surface area contributed by atoms with Gasteiger partial charge in [-0.2, -0.15) is 0 Å². The third kappa shape index (κ3) is 2.32. The van der Waals surface area contributed by atoms with Gasteiger partial charge in [0.15, 0.2) is 0 Å². The van der Waals surface area contributed by atoms with E-state index in [0.29, 0.717) is 17.8 Å². The van der Waals surface area contributed by atoms with Crippen molar-refractivity contribution in [1.29, 1.82) is 0 Å². The number of aryl methyl sites for hydroxylation is 2. The van der Waals surface area contributed by atoms with Crippen molar-refractivity contribution < 1.29 is 10.4 Å². The Morgan fingerprint density at radius 3 is 2.61 bits per heavy atom. The minimum Gasteiger partial charge on any atom is -0.792 e. The quantitative estimate of drug-likeness (QED) is 0.498. The third-order valence-electron chi connectivity index (χ3n) is 4.30. The molecule has 0 saturated carbocycles. The fourth-order valence-corrected chi connectivity index (χ4v) is 3.10. The number of anilines is 1. The third-order valence-corrected chi connectivity index (χ3v) is 4.30. The number of hydrogen-bond acceptors (Lipinski definition) is 5. The van der Waals surface area contributed by atoms with Gasteiger partial charge in [0.05, 0.1) is 5.69 Å². The van der Waals surface area contributed by atoms with E-state index in [-0.39, 0.29) is 5.23 Å². The van der Waals surface area contributed by atoms with Gasteiger partial charge in [-0.15, -0.1) is 5.23 Å². The van der Waals surface area contributed by atoms with Crippen LogP contribution in [0.3, 0.4) is 0 Å². The predicted molar refractivity (Wildman–Crippen MR) is 91.5 cm³/mol. The largest absolute Gasteiger partial charge is 0.792 e. The lowest BCUT2D eigenvalue weighted by Gasteiger charge is -2.14. The molecular formula is C17H18N3O3-. The minimum absolute atomic E-state index is 0.140. The lowest BCUT2D eigenvalue weighted by Crippen LogP contribution is -2.12. The van der Waals surface area contributed by atoms with Crippen molar-refractivity contribution in [2.45, 2.75) is 27.2 Å². The second-order valence-corrected chi connectivity index (χ2v) is 5.65. The SMILES string of the molecule is CC/C(=N\[O-])c1ccc2[nH]c3c(C)cc(N(O)O)c(C)c3c2c1. The van der Waals surface area contributed by atoms with Gasteiger partial charge in [0.25, 0.3) is 0 Å². The van der Waals surface area contributed by atoms with E-state index >= 15 is 0 Å². The summed E-state index contributed by atoms with van der Waals surface area (Å²) in [5.41, 5.74) is 5.12. The Kier molecular flexibility index (Phi) is 3.71. The van der Waals surface area contributed by atoms with E-state index in [1.807, 2.05) is 39.0 Å². The Labute approximate surface area is 133 Å². The molecular weight excluding hydrogens is 294 g/mol. The summed E-state index contributed by atoms with van der Waals surface area (Å²) >= 11 is 0. The predicted octanol–water partition coefficient (Wildman–Crippen LogP) is 4.22. The van der Waals surface area contributed by atoms with E-state index in [1.54, 1.807) is 6.07 Å². The Balaban J connectivity index is 2.40. The van der Waals surface area contributed by atoms with Crippen molar-refractivity contribution >= 4 is 33.2 Å². The van der Waals surface area contributed by atoms with Gasteiger partial charge in [0.2, 0.25) is 0 Å². The molecule has 120 valence electrons. The molecule has 6 heteroatoms. The molecule has 0 unspecified atom stereocenters. The second-order valence-electron chi connectivity index (χ2n) is 5.65. The van der Waals surface area contributed by atoms with Crippen LogP contribution in [0.15, 0.2) is 29.4 Å². The van der Waals surface area contributed by atoms with Gasteiger partial charge < -0.3 is 15.3 Å². The number of aromatic amines is 1. The number of nitrogens with zero attached hydrogens (tertiary/aromatic N) is 2. The number of fused-ring (bicyclic) bond motifs is 3. The number of aromatic nitrogens is 1. The highest BCUT2D eigenvalue weighted by Crippen LogP contribution is 2.36. The smallest absolute Gasteiger partial charge is 0.0982 e. The molecule has 6 nitrogen and oxygen atoms in total. The molecule has 0 aliphatic heterocycles. The number of nitrogens with one attached hydrogen (secondary N) is 1. The lowest BCUT2D eigenvalue weighted by atomic mass is 10.00. The van der Waals surface area contributed by atoms with Crippen LogP contribution in [0.4, 0.5) is 5.69 Å². The van der Waals surface area contributed by atoms with Gasteiger partial charge in [-0.1, -0.05) is 13.0 Å². The molecule has 0 amide bonds. The molecule has 3 N–H and O–H groups in total. The molecule has 0 aliphatic rings. The number of rotatable bonds is 3. The molecule has 0 radical (unpaired) electrons. The first-order valence-electron chi connectivity index (χ1n) is 7.41. The Bertz CT molecular complexity index is 926. The van der Waals surface area contributed by atoms with Crippen LogP contribution in [0.2, 0.25) is 0 Å². The molecule has 1 heterocycles. The summed E-state index contributed by atoms with van der Waals surface area (Å²) < 4.78 is 0. The first-order valence-corrected chi connectivity index (χ1v) is 7.41. The Morgan fingerprint density at radius 2 is 2.00 bits per heavy atom. The summed E-state index contributed by atoms with van der Waals surface area (Å²) in [6.45, 7) is 5.62. The first-order chi connectivity index (χ1) is 11.0. The monoisotopic (exact) mass is 312 g/mol. The van der Waals surface area contributed by atoms with E-state index in [0.717, 1.165) is 38.5 Å². The van der Waals surface area contributed by atoms with Gasteiger partial charge in [-0.05, 0) is 55.2 Å². The van der Waals surface area contributed by atoms with E-state index < -0.39 is 0 Å². The van der Waals surface area contributed by atoms with Gasteiger partial charge in [0.1, 0.15) is 0 Å². The number of benzene rings is 2. The lowest BCUT2D eigenvalue weighted by molar-refractivity contribution is 0.0289. The van der Waals surface area contributed by atoms with E-state index in [9.17, 15) is 15.6 Å². The molecule has 3 aromatic rings. The van der Waals surface area contributed by atoms with Gasteiger partial charge in [-0.3, -0.25) is 10.4 Å². The van der Waals surface area contributed by atoms with Crippen LogP contribution in [0.5, 0.6) is 0 Å². The average molecular weight is 312 g/mol. The molecule has 0 atom stereocenters. The fourth-order valence-electron chi connectivity index (χ4n) is 3.10. The van der Waals surface area contributed by atoms with Gasteiger partial charge >= 0.3 is 0 Å².